The number of anilines is 1. The highest BCUT2D eigenvalue weighted by Gasteiger charge is 2.33. The zero-order chi connectivity index (χ0) is 29.1. The number of benzene rings is 1. The number of alkyl halides is 3. The minimum Gasteiger partial charge on any atom is -0.490 e. The number of carbonyl (C=O) groups is 2. The average molecular weight is 592 g/mol. The fourth-order valence-electron chi connectivity index (χ4n) is 5.22. The second-order valence-corrected chi connectivity index (χ2v) is 10.4. The monoisotopic (exact) mass is 591 g/mol. The number of likely N-dealkylation sites (tertiary alicyclic amines) is 1. The van der Waals surface area contributed by atoms with Crippen LogP contribution in [0, 0.1) is 0 Å². The van der Waals surface area contributed by atoms with Crippen LogP contribution in [-0.4, -0.2) is 63.7 Å². The van der Waals surface area contributed by atoms with Gasteiger partial charge < -0.3 is 18.9 Å². The van der Waals surface area contributed by atoms with Crippen molar-refractivity contribution in [2.45, 2.75) is 50.4 Å². The van der Waals surface area contributed by atoms with E-state index in [0.717, 1.165) is 31.9 Å². The summed E-state index contributed by atoms with van der Waals surface area (Å²) in [7, 11) is 0. The molecule has 2 saturated heterocycles. The van der Waals surface area contributed by atoms with Gasteiger partial charge in [0.15, 0.2) is 0 Å². The van der Waals surface area contributed by atoms with E-state index in [1.54, 1.807) is 21.6 Å². The Balaban J connectivity index is 1.55. The summed E-state index contributed by atoms with van der Waals surface area (Å²) in [5.74, 6) is -0.415. The van der Waals surface area contributed by atoms with E-state index in [-0.39, 0.29) is 29.6 Å². The molecule has 2 aromatic heterocycles. The quantitative estimate of drug-likeness (QED) is 0.372. The number of hydrogen-bond acceptors (Lipinski definition) is 6. The van der Waals surface area contributed by atoms with Crippen molar-refractivity contribution >= 4 is 40.4 Å². The highest BCUT2D eigenvalue weighted by atomic mass is 35.5. The van der Waals surface area contributed by atoms with Crippen molar-refractivity contribution in [3.8, 4) is 5.75 Å². The molecule has 0 bridgehead atoms. The van der Waals surface area contributed by atoms with E-state index in [9.17, 15) is 22.8 Å². The van der Waals surface area contributed by atoms with Gasteiger partial charge in [0, 0.05) is 49.8 Å². The predicted molar refractivity (Wildman–Crippen MR) is 146 cm³/mol. The first-order chi connectivity index (χ1) is 19.6. The number of hydrogen-bond donors (Lipinski definition) is 1. The summed E-state index contributed by atoms with van der Waals surface area (Å²) >= 11 is 6.80. The van der Waals surface area contributed by atoms with Crippen molar-refractivity contribution in [1.82, 2.24) is 19.4 Å². The number of fused-ring (bicyclic) bond motifs is 1. The van der Waals surface area contributed by atoms with Gasteiger partial charge in [-0.2, -0.15) is 13.2 Å². The Bertz CT molecular complexity index is 1450. The molecule has 0 spiro atoms. The van der Waals surface area contributed by atoms with Crippen molar-refractivity contribution in [2.24, 2.45) is 0 Å². The normalized spacial score (nSPS) is 18.6. The zero-order valence-electron chi connectivity index (χ0n) is 22.1. The van der Waals surface area contributed by atoms with Gasteiger partial charge >= 0.3 is 6.18 Å². The molecule has 41 heavy (non-hydrogen) atoms. The summed E-state index contributed by atoms with van der Waals surface area (Å²) in [4.78, 5) is 35.4. The van der Waals surface area contributed by atoms with Crippen LogP contribution < -0.4 is 10.1 Å². The van der Waals surface area contributed by atoms with Gasteiger partial charge in [-0.3, -0.25) is 19.9 Å². The second-order valence-electron chi connectivity index (χ2n) is 10.0. The minimum atomic E-state index is -4.71. The Hall–Kier alpha value is -3.64. The van der Waals surface area contributed by atoms with Crippen molar-refractivity contribution in [1.29, 1.82) is 0 Å². The maximum absolute atomic E-state index is 13.2. The van der Waals surface area contributed by atoms with Crippen LogP contribution in [0.5, 0.6) is 5.75 Å². The smallest absolute Gasteiger partial charge is 0.433 e. The number of aromatic nitrogens is 3. The molecule has 4 heterocycles. The van der Waals surface area contributed by atoms with Gasteiger partial charge in [0.05, 0.1) is 35.3 Å². The molecule has 0 saturated carbocycles. The molecule has 0 radical (unpaired) electrons. The van der Waals surface area contributed by atoms with Crippen LogP contribution in [0.2, 0.25) is 5.02 Å². The molecular formula is C28H29ClF3N5O4. The van der Waals surface area contributed by atoms with Crippen molar-refractivity contribution in [2.75, 3.05) is 31.6 Å². The first kappa shape index (κ1) is 28.9. The lowest BCUT2D eigenvalue weighted by Gasteiger charge is -2.26. The average Bonchev–Trinajstić information content (AvgIpc) is 3.13. The molecular weight excluding hydrogens is 563 g/mol. The highest BCUT2D eigenvalue weighted by molar-refractivity contribution is 6.35. The van der Waals surface area contributed by atoms with E-state index in [4.69, 9.17) is 21.1 Å². The van der Waals surface area contributed by atoms with Crippen LogP contribution in [0.1, 0.15) is 54.2 Å². The van der Waals surface area contributed by atoms with Crippen LogP contribution in [0.25, 0.3) is 11.0 Å². The molecule has 9 nitrogen and oxygen atoms in total. The van der Waals surface area contributed by atoms with Gasteiger partial charge in [-0.15, -0.1) is 0 Å². The molecule has 1 aromatic carbocycles. The number of pyridine rings is 1. The van der Waals surface area contributed by atoms with Crippen molar-refractivity contribution in [3.05, 3.63) is 59.4 Å². The molecule has 2 aliphatic heterocycles. The topological polar surface area (TPSA) is 98.6 Å². The van der Waals surface area contributed by atoms with Gasteiger partial charge in [0.25, 0.3) is 5.91 Å². The largest absolute Gasteiger partial charge is 0.490 e. The summed E-state index contributed by atoms with van der Waals surface area (Å²) in [5.41, 5.74) is -0.458. The van der Waals surface area contributed by atoms with Crippen LogP contribution in [0.15, 0.2) is 43.1 Å². The fourth-order valence-corrected chi connectivity index (χ4v) is 5.51. The molecule has 1 atom stereocenters. The lowest BCUT2D eigenvalue weighted by molar-refractivity contribution is -0.141. The van der Waals surface area contributed by atoms with Gasteiger partial charge in [-0.05, 0) is 37.5 Å². The Morgan fingerprint density at radius 1 is 1.17 bits per heavy atom. The number of ether oxygens (including phenoxy) is 2. The molecule has 1 N–H and O–H groups in total. The molecule has 2 amide bonds. The Kier molecular flexibility index (Phi) is 8.50. The fraction of sp³-hybridized carbons (Fsp3) is 0.429. The molecule has 218 valence electrons. The van der Waals surface area contributed by atoms with Gasteiger partial charge in [0.2, 0.25) is 11.9 Å². The van der Waals surface area contributed by atoms with Crippen molar-refractivity contribution in [3.63, 3.8) is 0 Å². The van der Waals surface area contributed by atoms with Gasteiger partial charge in [-0.1, -0.05) is 18.2 Å². The van der Waals surface area contributed by atoms with E-state index < -0.39 is 17.8 Å². The SMILES string of the molecule is C=CC(=O)N1CCCCC(n2c(NC(=O)c3ccnc(C(F)(F)F)c3)nc3cc(OC4CCOCC4)cc(Cl)c32)C1. The van der Waals surface area contributed by atoms with Crippen molar-refractivity contribution < 1.29 is 32.2 Å². The molecule has 5 rings (SSSR count). The zero-order valence-corrected chi connectivity index (χ0v) is 22.9. The molecule has 3 aromatic rings. The maximum atomic E-state index is 13.2. The van der Waals surface area contributed by atoms with Crippen LogP contribution >= 0.6 is 11.6 Å². The van der Waals surface area contributed by atoms with E-state index in [2.05, 4.69) is 21.9 Å². The third-order valence-corrected chi connectivity index (χ3v) is 7.51. The summed E-state index contributed by atoms with van der Waals surface area (Å²) in [6.07, 6.45) is 1.11. The standard InChI is InChI=1S/C28H29ClF3N5O4/c1-2-24(38)36-10-4-3-5-18(16-36)37-25-21(29)14-20(41-19-7-11-40-12-8-19)15-22(25)34-27(37)35-26(39)17-6-9-33-23(13-17)28(30,31)32/h2,6,9,13-15,18-19H,1,3-5,7-8,10-12,16H2,(H,34,35,39). The van der Waals surface area contributed by atoms with E-state index in [1.807, 2.05) is 0 Å². The number of rotatable bonds is 6. The third-order valence-electron chi connectivity index (χ3n) is 7.22. The first-order valence-corrected chi connectivity index (χ1v) is 13.7. The lowest BCUT2D eigenvalue weighted by Crippen LogP contribution is -2.34. The molecule has 1 unspecified atom stereocenters. The Labute approximate surface area is 239 Å². The molecule has 13 heteroatoms. The van der Waals surface area contributed by atoms with Gasteiger partial charge in [-0.25, -0.2) is 4.98 Å². The number of carbonyl (C=O) groups excluding carboxylic acids is 2. The van der Waals surface area contributed by atoms with Crippen LogP contribution in [0.4, 0.5) is 19.1 Å². The number of nitrogens with zero attached hydrogens (tertiary/aromatic N) is 4. The molecule has 2 aliphatic rings. The summed E-state index contributed by atoms with van der Waals surface area (Å²) in [6.45, 7) is 5.64. The lowest BCUT2D eigenvalue weighted by atomic mass is 10.1. The van der Waals surface area contributed by atoms with E-state index in [1.165, 1.54) is 12.1 Å². The van der Waals surface area contributed by atoms with Crippen LogP contribution in [-0.2, 0) is 15.7 Å². The molecule has 0 aliphatic carbocycles. The first-order valence-electron chi connectivity index (χ1n) is 13.4. The number of imidazole rings is 1. The minimum absolute atomic E-state index is 0.0478. The third kappa shape index (κ3) is 6.48. The Morgan fingerprint density at radius 2 is 1.95 bits per heavy atom. The summed E-state index contributed by atoms with van der Waals surface area (Å²) in [5, 5.41) is 3.00. The van der Waals surface area contributed by atoms with E-state index in [0.29, 0.717) is 60.6 Å². The number of halogens is 4. The van der Waals surface area contributed by atoms with Gasteiger partial charge in [0.1, 0.15) is 17.5 Å². The molecule has 2 fully saturated rings. The second kappa shape index (κ2) is 12.1. The number of nitrogens with one attached hydrogen (secondary N) is 1. The summed E-state index contributed by atoms with van der Waals surface area (Å²) in [6, 6.07) is 4.96. The predicted octanol–water partition coefficient (Wildman–Crippen LogP) is 5.65. The summed E-state index contributed by atoms with van der Waals surface area (Å²) < 4.78 is 53.0. The van der Waals surface area contributed by atoms with E-state index >= 15 is 0 Å². The number of amides is 2. The van der Waals surface area contributed by atoms with Crippen LogP contribution in [0.3, 0.4) is 0 Å². The maximum Gasteiger partial charge on any atom is 0.433 e. The Morgan fingerprint density at radius 3 is 2.68 bits per heavy atom. The highest BCUT2D eigenvalue weighted by Crippen LogP contribution is 2.37.